The first-order chi connectivity index (χ1) is 16.3. The van der Waals surface area contributed by atoms with Gasteiger partial charge in [-0.3, -0.25) is 19.7 Å². The summed E-state index contributed by atoms with van der Waals surface area (Å²) in [6.07, 6.45) is 0. The minimum absolute atomic E-state index is 0.0804. The first kappa shape index (κ1) is 23.4. The largest absolute Gasteiger partial charge is 0.322 e. The molecule has 0 aliphatic heterocycles. The van der Waals surface area contributed by atoms with Crippen molar-refractivity contribution in [2.24, 2.45) is 0 Å². The van der Waals surface area contributed by atoms with Gasteiger partial charge in [-0.1, -0.05) is 23.5 Å². The summed E-state index contributed by atoms with van der Waals surface area (Å²) in [6.45, 7) is 3.82. The number of nitro groups is 1. The van der Waals surface area contributed by atoms with E-state index in [9.17, 15) is 19.7 Å². The number of carbonyl (C=O) groups excluding carboxylic acids is 2. The van der Waals surface area contributed by atoms with Crippen molar-refractivity contribution in [3.05, 3.63) is 88.0 Å². The Morgan fingerprint density at radius 1 is 1.06 bits per heavy atom. The van der Waals surface area contributed by atoms with E-state index in [1.165, 1.54) is 47.4 Å². The molecular formula is C24H20N4O4S2. The summed E-state index contributed by atoms with van der Waals surface area (Å²) >= 11 is 2.80. The third-order valence-electron chi connectivity index (χ3n) is 4.89. The molecule has 3 aromatic carbocycles. The van der Waals surface area contributed by atoms with Crippen molar-refractivity contribution in [2.75, 3.05) is 10.6 Å². The van der Waals surface area contributed by atoms with Crippen molar-refractivity contribution in [2.45, 2.75) is 24.0 Å². The van der Waals surface area contributed by atoms with Crippen LogP contribution >= 0.6 is 23.1 Å². The average molecular weight is 493 g/mol. The molecule has 1 atom stereocenters. The second kappa shape index (κ2) is 10.0. The Balaban J connectivity index is 1.38. The molecule has 8 nitrogen and oxygen atoms in total. The molecular weight excluding hydrogens is 472 g/mol. The van der Waals surface area contributed by atoms with Crippen molar-refractivity contribution in [3.63, 3.8) is 0 Å². The maximum Gasteiger partial charge on any atom is 0.269 e. The predicted molar refractivity (Wildman–Crippen MR) is 136 cm³/mol. The van der Waals surface area contributed by atoms with Crippen LogP contribution < -0.4 is 10.6 Å². The number of amides is 2. The summed E-state index contributed by atoms with van der Waals surface area (Å²) in [6, 6.07) is 18.5. The Morgan fingerprint density at radius 2 is 1.82 bits per heavy atom. The first-order valence-corrected chi connectivity index (χ1v) is 12.0. The van der Waals surface area contributed by atoms with E-state index in [-0.39, 0.29) is 17.5 Å². The lowest BCUT2D eigenvalue weighted by Gasteiger charge is -2.12. The normalized spacial score (nSPS) is 11.7. The number of hydrogen-bond acceptors (Lipinski definition) is 7. The molecule has 1 unspecified atom stereocenters. The van der Waals surface area contributed by atoms with Gasteiger partial charge in [-0.05, 0) is 61.9 Å². The number of nitro benzene ring substituents is 1. The number of nitrogens with zero attached hydrogens (tertiary/aromatic N) is 2. The maximum atomic E-state index is 12.7. The molecule has 2 amide bonds. The van der Waals surface area contributed by atoms with Gasteiger partial charge in [0.15, 0.2) is 5.13 Å². The third kappa shape index (κ3) is 5.59. The minimum atomic E-state index is -0.516. The molecule has 0 saturated heterocycles. The van der Waals surface area contributed by atoms with Gasteiger partial charge in [0.1, 0.15) is 0 Å². The van der Waals surface area contributed by atoms with Crippen molar-refractivity contribution in [1.82, 2.24) is 4.98 Å². The highest BCUT2D eigenvalue weighted by Crippen LogP contribution is 2.29. The number of thioether (sulfide) groups is 1. The van der Waals surface area contributed by atoms with Gasteiger partial charge in [0.2, 0.25) is 5.91 Å². The third-order valence-corrected chi connectivity index (χ3v) is 6.92. The van der Waals surface area contributed by atoms with Gasteiger partial charge < -0.3 is 10.6 Å². The number of carbonyl (C=O) groups is 2. The molecule has 172 valence electrons. The van der Waals surface area contributed by atoms with Crippen LogP contribution in [0.3, 0.4) is 0 Å². The Morgan fingerprint density at radius 3 is 2.56 bits per heavy atom. The van der Waals surface area contributed by atoms with Crippen LogP contribution in [0.15, 0.2) is 71.6 Å². The van der Waals surface area contributed by atoms with Crippen molar-refractivity contribution < 1.29 is 14.5 Å². The summed E-state index contributed by atoms with van der Waals surface area (Å²) in [5, 5.41) is 16.6. The molecule has 0 radical (unpaired) electrons. The first-order valence-electron chi connectivity index (χ1n) is 10.3. The molecule has 4 rings (SSSR count). The van der Waals surface area contributed by atoms with E-state index in [1.54, 1.807) is 25.1 Å². The van der Waals surface area contributed by atoms with Gasteiger partial charge in [-0.25, -0.2) is 4.98 Å². The van der Waals surface area contributed by atoms with E-state index in [1.807, 2.05) is 31.2 Å². The lowest BCUT2D eigenvalue weighted by molar-refractivity contribution is -0.384. The van der Waals surface area contributed by atoms with E-state index < -0.39 is 10.2 Å². The molecule has 34 heavy (non-hydrogen) atoms. The van der Waals surface area contributed by atoms with Crippen LogP contribution in [-0.4, -0.2) is 27.0 Å². The van der Waals surface area contributed by atoms with E-state index in [2.05, 4.69) is 15.6 Å². The van der Waals surface area contributed by atoms with E-state index >= 15 is 0 Å². The summed E-state index contributed by atoms with van der Waals surface area (Å²) in [5.41, 5.74) is 2.77. The van der Waals surface area contributed by atoms with Gasteiger partial charge in [-0.2, -0.15) is 0 Å². The van der Waals surface area contributed by atoms with Crippen LogP contribution in [-0.2, 0) is 4.79 Å². The number of benzene rings is 3. The Bertz CT molecular complexity index is 1390. The molecule has 1 heterocycles. The standard InChI is InChI=1S/C24H20N4O4S2/c1-14-6-11-20-21(12-14)34-24(26-20)27-22(29)15(2)33-19-5-3-4-17(13-19)25-23(30)16-7-9-18(10-8-16)28(31)32/h3-13,15H,1-2H3,(H,25,30)(H,26,27,29). The fourth-order valence-electron chi connectivity index (χ4n) is 3.13. The Labute approximate surface area is 203 Å². The van der Waals surface area contributed by atoms with Gasteiger partial charge in [0.25, 0.3) is 11.6 Å². The molecule has 0 aliphatic carbocycles. The van der Waals surface area contributed by atoms with Crippen LogP contribution in [0.5, 0.6) is 0 Å². The van der Waals surface area contributed by atoms with Crippen molar-refractivity contribution in [1.29, 1.82) is 0 Å². The number of aromatic nitrogens is 1. The number of thiazole rings is 1. The topological polar surface area (TPSA) is 114 Å². The Kier molecular flexibility index (Phi) is 6.90. The number of nitrogens with one attached hydrogen (secondary N) is 2. The lowest BCUT2D eigenvalue weighted by atomic mass is 10.2. The average Bonchev–Trinajstić information content (AvgIpc) is 3.20. The summed E-state index contributed by atoms with van der Waals surface area (Å²) < 4.78 is 1.02. The highest BCUT2D eigenvalue weighted by atomic mass is 32.2. The van der Waals surface area contributed by atoms with Crippen LogP contribution in [0.25, 0.3) is 10.2 Å². The SMILES string of the molecule is Cc1ccc2nc(NC(=O)C(C)Sc3cccc(NC(=O)c4ccc([N+](=O)[O-])cc4)c3)sc2c1. The van der Waals surface area contributed by atoms with Crippen LogP contribution in [0.2, 0.25) is 0 Å². The van der Waals surface area contributed by atoms with Gasteiger partial charge in [-0.15, -0.1) is 11.8 Å². The molecule has 2 N–H and O–H groups in total. The van der Waals surface area contributed by atoms with Crippen LogP contribution in [0.4, 0.5) is 16.5 Å². The van der Waals surface area contributed by atoms with E-state index in [0.29, 0.717) is 16.4 Å². The van der Waals surface area contributed by atoms with Crippen molar-refractivity contribution in [3.8, 4) is 0 Å². The second-order valence-electron chi connectivity index (χ2n) is 7.53. The number of non-ortho nitro benzene ring substituents is 1. The fourth-order valence-corrected chi connectivity index (χ4v) is 5.03. The minimum Gasteiger partial charge on any atom is -0.322 e. The summed E-state index contributed by atoms with van der Waals surface area (Å²) in [4.78, 5) is 40.7. The molecule has 0 fully saturated rings. The number of rotatable bonds is 7. The van der Waals surface area contributed by atoms with E-state index in [0.717, 1.165) is 20.7 Å². The number of aryl methyl sites for hydroxylation is 1. The van der Waals surface area contributed by atoms with Gasteiger partial charge in [0, 0.05) is 28.3 Å². The predicted octanol–water partition coefficient (Wildman–Crippen LogP) is 5.88. The molecule has 1 aromatic heterocycles. The van der Waals surface area contributed by atoms with Crippen molar-refractivity contribution >= 4 is 61.6 Å². The number of fused-ring (bicyclic) bond motifs is 1. The zero-order chi connectivity index (χ0) is 24.2. The Hall–Kier alpha value is -3.76. The molecule has 0 aliphatic rings. The van der Waals surface area contributed by atoms with Crippen LogP contribution in [0.1, 0.15) is 22.8 Å². The highest BCUT2D eigenvalue weighted by molar-refractivity contribution is 8.00. The fraction of sp³-hybridized carbons (Fsp3) is 0.125. The second-order valence-corrected chi connectivity index (χ2v) is 9.97. The number of hydrogen-bond donors (Lipinski definition) is 2. The van der Waals surface area contributed by atoms with Crippen LogP contribution in [0, 0.1) is 17.0 Å². The molecule has 10 heteroatoms. The lowest BCUT2D eigenvalue weighted by Crippen LogP contribution is -2.22. The molecule has 4 aromatic rings. The maximum absolute atomic E-state index is 12.7. The molecule has 0 spiro atoms. The summed E-state index contributed by atoms with van der Waals surface area (Å²) in [5.74, 6) is -0.546. The summed E-state index contributed by atoms with van der Waals surface area (Å²) in [7, 11) is 0. The van der Waals surface area contributed by atoms with Gasteiger partial charge in [0.05, 0.1) is 20.4 Å². The van der Waals surface area contributed by atoms with Gasteiger partial charge >= 0.3 is 0 Å². The monoisotopic (exact) mass is 492 g/mol. The number of anilines is 2. The highest BCUT2D eigenvalue weighted by Gasteiger charge is 2.17. The molecule has 0 bridgehead atoms. The zero-order valence-corrected chi connectivity index (χ0v) is 19.9. The molecule has 0 saturated carbocycles. The van der Waals surface area contributed by atoms with E-state index in [4.69, 9.17) is 0 Å². The zero-order valence-electron chi connectivity index (χ0n) is 18.3. The smallest absolute Gasteiger partial charge is 0.269 e. The quantitative estimate of drug-likeness (QED) is 0.189.